The van der Waals surface area contributed by atoms with E-state index in [0.29, 0.717) is 5.69 Å². The van der Waals surface area contributed by atoms with Crippen molar-refractivity contribution in [1.82, 2.24) is 5.32 Å². The first kappa shape index (κ1) is 17.7. The average molecular weight is 395 g/mol. The molecule has 8 heteroatoms. The van der Waals surface area contributed by atoms with Gasteiger partial charge in [0.2, 0.25) is 0 Å². The first-order valence-corrected chi connectivity index (χ1v) is 7.82. The molecule has 1 aromatic heterocycles. The standard InChI is InChI=1S/C16H15BrN2O5/c1-10(15(21)19-12-6-4-11(17)5-7-12)24-14(20)9-18-16(22)13-3-2-8-23-13/h2-8,10H,9H2,1H3,(H,18,22)(H,19,21). The maximum atomic E-state index is 12.0. The second-order valence-corrected chi connectivity index (χ2v) is 5.70. The summed E-state index contributed by atoms with van der Waals surface area (Å²) in [5, 5.41) is 4.96. The number of hydrogen-bond acceptors (Lipinski definition) is 5. The average Bonchev–Trinajstić information content (AvgIpc) is 3.09. The molecule has 0 aliphatic rings. The normalized spacial score (nSPS) is 11.4. The zero-order valence-corrected chi connectivity index (χ0v) is 14.3. The Morgan fingerprint density at radius 3 is 2.54 bits per heavy atom. The third-order valence-electron chi connectivity index (χ3n) is 2.93. The SMILES string of the molecule is CC(OC(=O)CNC(=O)c1ccco1)C(=O)Nc1ccc(Br)cc1. The van der Waals surface area contributed by atoms with Crippen LogP contribution >= 0.6 is 15.9 Å². The summed E-state index contributed by atoms with van der Waals surface area (Å²) < 4.78 is 10.7. The molecule has 0 radical (unpaired) electrons. The summed E-state index contributed by atoms with van der Waals surface area (Å²) in [5.74, 6) is -1.65. The largest absolute Gasteiger partial charge is 0.459 e. The zero-order valence-electron chi connectivity index (χ0n) is 12.7. The van der Waals surface area contributed by atoms with Crippen LogP contribution in [0, 0.1) is 0 Å². The fourth-order valence-corrected chi connectivity index (χ4v) is 1.98. The Kier molecular flexibility index (Phi) is 6.14. The molecule has 0 saturated carbocycles. The molecule has 7 nitrogen and oxygen atoms in total. The number of esters is 1. The minimum atomic E-state index is -0.998. The van der Waals surface area contributed by atoms with E-state index >= 15 is 0 Å². The van der Waals surface area contributed by atoms with Crippen LogP contribution in [0.1, 0.15) is 17.5 Å². The molecule has 1 unspecified atom stereocenters. The molecule has 0 fully saturated rings. The van der Waals surface area contributed by atoms with Gasteiger partial charge in [-0.15, -0.1) is 0 Å². The number of carbonyl (C=O) groups excluding carboxylic acids is 3. The molecule has 0 spiro atoms. The third-order valence-corrected chi connectivity index (χ3v) is 3.46. The summed E-state index contributed by atoms with van der Waals surface area (Å²) in [5.41, 5.74) is 0.581. The van der Waals surface area contributed by atoms with Crippen molar-refractivity contribution in [1.29, 1.82) is 0 Å². The second-order valence-electron chi connectivity index (χ2n) is 4.79. The van der Waals surface area contributed by atoms with Crippen LogP contribution in [-0.4, -0.2) is 30.4 Å². The highest BCUT2D eigenvalue weighted by Gasteiger charge is 2.19. The number of halogens is 1. The lowest BCUT2D eigenvalue weighted by atomic mass is 10.3. The van der Waals surface area contributed by atoms with Crippen LogP contribution in [0.4, 0.5) is 5.69 Å². The molecule has 2 aromatic rings. The van der Waals surface area contributed by atoms with Gasteiger partial charge in [-0.25, -0.2) is 0 Å². The Morgan fingerprint density at radius 2 is 1.92 bits per heavy atom. The number of carbonyl (C=O) groups is 3. The van der Waals surface area contributed by atoms with E-state index in [1.54, 1.807) is 30.3 Å². The number of benzene rings is 1. The highest BCUT2D eigenvalue weighted by Crippen LogP contribution is 2.14. The maximum absolute atomic E-state index is 12.0. The van der Waals surface area contributed by atoms with Gasteiger partial charge in [-0.1, -0.05) is 15.9 Å². The van der Waals surface area contributed by atoms with Crippen LogP contribution in [0.5, 0.6) is 0 Å². The van der Waals surface area contributed by atoms with Crippen LogP contribution in [0.25, 0.3) is 0 Å². The third kappa shape index (κ3) is 5.24. The summed E-state index contributed by atoms with van der Waals surface area (Å²) >= 11 is 3.29. The van der Waals surface area contributed by atoms with E-state index in [1.807, 2.05) is 0 Å². The molecule has 0 saturated heterocycles. The summed E-state index contributed by atoms with van der Waals surface area (Å²) in [6.45, 7) is 1.08. The molecule has 2 amide bonds. The van der Waals surface area contributed by atoms with Gasteiger partial charge >= 0.3 is 5.97 Å². The maximum Gasteiger partial charge on any atom is 0.326 e. The molecule has 1 heterocycles. The number of ether oxygens (including phenoxy) is 1. The summed E-state index contributed by atoms with van der Waals surface area (Å²) in [7, 11) is 0. The quantitative estimate of drug-likeness (QED) is 0.732. The van der Waals surface area contributed by atoms with Crippen molar-refractivity contribution >= 4 is 39.4 Å². The number of anilines is 1. The van der Waals surface area contributed by atoms with Gasteiger partial charge in [-0.05, 0) is 43.3 Å². The van der Waals surface area contributed by atoms with Gasteiger partial charge < -0.3 is 19.8 Å². The van der Waals surface area contributed by atoms with Crippen molar-refractivity contribution in [2.24, 2.45) is 0 Å². The van der Waals surface area contributed by atoms with E-state index in [9.17, 15) is 14.4 Å². The van der Waals surface area contributed by atoms with Crippen LogP contribution in [0.3, 0.4) is 0 Å². The Hall–Kier alpha value is -2.61. The Balaban J connectivity index is 1.77. The Morgan fingerprint density at radius 1 is 1.21 bits per heavy atom. The lowest BCUT2D eigenvalue weighted by Crippen LogP contribution is -2.35. The number of hydrogen-bond donors (Lipinski definition) is 2. The molecular formula is C16H15BrN2O5. The second kappa shape index (κ2) is 8.30. The highest BCUT2D eigenvalue weighted by molar-refractivity contribution is 9.10. The number of nitrogens with one attached hydrogen (secondary N) is 2. The van der Waals surface area contributed by atoms with Gasteiger partial charge in [0.1, 0.15) is 6.54 Å². The first-order chi connectivity index (χ1) is 11.5. The van der Waals surface area contributed by atoms with Gasteiger partial charge in [0.05, 0.1) is 6.26 Å². The van der Waals surface area contributed by atoms with Crippen LogP contribution in [0.2, 0.25) is 0 Å². The van der Waals surface area contributed by atoms with E-state index in [4.69, 9.17) is 9.15 Å². The van der Waals surface area contributed by atoms with Crippen molar-refractivity contribution in [3.63, 3.8) is 0 Å². The highest BCUT2D eigenvalue weighted by atomic mass is 79.9. The van der Waals surface area contributed by atoms with Crippen LogP contribution in [-0.2, 0) is 14.3 Å². The van der Waals surface area contributed by atoms with Gasteiger partial charge in [0, 0.05) is 10.2 Å². The molecule has 2 N–H and O–H groups in total. The lowest BCUT2D eigenvalue weighted by molar-refractivity contribution is -0.152. The number of furan rings is 1. The van der Waals surface area contributed by atoms with E-state index in [-0.39, 0.29) is 12.3 Å². The Bertz CT molecular complexity index is 713. The first-order valence-electron chi connectivity index (χ1n) is 7.03. The molecule has 0 aliphatic heterocycles. The molecular weight excluding hydrogens is 380 g/mol. The molecule has 0 bridgehead atoms. The topological polar surface area (TPSA) is 97.6 Å². The molecule has 126 valence electrons. The fourth-order valence-electron chi connectivity index (χ4n) is 1.72. The van der Waals surface area contributed by atoms with Crippen molar-refractivity contribution in [2.75, 3.05) is 11.9 Å². The van der Waals surface area contributed by atoms with Gasteiger partial charge in [-0.3, -0.25) is 14.4 Å². The molecule has 0 aliphatic carbocycles. The van der Waals surface area contributed by atoms with E-state index < -0.39 is 23.9 Å². The predicted molar refractivity (Wildman–Crippen MR) is 89.4 cm³/mol. The summed E-state index contributed by atoms with van der Waals surface area (Å²) in [6, 6.07) is 9.99. The molecule has 2 rings (SSSR count). The lowest BCUT2D eigenvalue weighted by Gasteiger charge is -2.13. The summed E-state index contributed by atoms with van der Waals surface area (Å²) in [6.07, 6.45) is 0.351. The van der Waals surface area contributed by atoms with Gasteiger partial charge in [0.25, 0.3) is 11.8 Å². The smallest absolute Gasteiger partial charge is 0.326 e. The van der Waals surface area contributed by atoms with E-state index in [1.165, 1.54) is 19.3 Å². The van der Waals surface area contributed by atoms with Crippen LogP contribution in [0.15, 0.2) is 51.6 Å². The monoisotopic (exact) mass is 394 g/mol. The van der Waals surface area contributed by atoms with Crippen molar-refractivity contribution < 1.29 is 23.5 Å². The number of rotatable bonds is 6. The molecule has 24 heavy (non-hydrogen) atoms. The van der Waals surface area contributed by atoms with Crippen LogP contribution < -0.4 is 10.6 Å². The minimum absolute atomic E-state index is 0.0869. The van der Waals surface area contributed by atoms with Crippen molar-refractivity contribution in [3.05, 3.63) is 52.9 Å². The predicted octanol–water partition coefficient (Wildman–Crippen LogP) is 2.34. The number of amides is 2. The van der Waals surface area contributed by atoms with Gasteiger partial charge in [0.15, 0.2) is 11.9 Å². The Labute approximate surface area is 146 Å². The molecule has 1 atom stereocenters. The minimum Gasteiger partial charge on any atom is -0.459 e. The van der Waals surface area contributed by atoms with Crippen molar-refractivity contribution in [2.45, 2.75) is 13.0 Å². The van der Waals surface area contributed by atoms with Crippen molar-refractivity contribution in [3.8, 4) is 0 Å². The van der Waals surface area contributed by atoms with E-state index in [0.717, 1.165) is 4.47 Å². The zero-order chi connectivity index (χ0) is 17.5. The van der Waals surface area contributed by atoms with E-state index in [2.05, 4.69) is 26.6 Å². The fraction of sp³-hybridized carbons (Fsp3) is 0.188. The van der Waals surface area contributed by atoms with Gasteiger partial charge in [-0.2, -0.15) is 0 Å². The molecule has 1 aromatic carbocycles. The summed E-state index contributed by atoms with van der Waals surface area (Å²) in [4.78, 5) is 35.2.